The van der Waals surface area contributed by atoms with Gasteiger partial charge in [0.1, 0.15) is 6.04 Å². The molecule has 2 rings (SSSR count). The van der Waals surface area contributed by atoms with Gasteiger partial charge < -0.3 is 15.6 Å². The minimum atomic E-state index is -4.99. The maximum absolute atomic E-state index is 12.5. The lowest BCUT2D eigenvalue weighted by molar-refractivity contribution is -0.159. The molecule has 1 radical (unpaired) electrons. The number of hydrogen-bond donors (Lipinski definition) is 2. The lowest BCUT2D eigenvalue weighted by Gasteiger charge is -2.14. The van der Waals surface area contributed by atoms with Crippen molar-refractivity contribution >= 4 is 27.4 Å². The average Bonchev–Trinajstić information content (AvgIpc) is 3.20. The molecule has 1 aliphatic rings. The number of amides is 2. The van der Waals surface area contributed by atoms with Crippen molar-refractivity contribution in [3.05, 3.63) is 18.1 Å². The predicted octanol–water partition coefficient (Wildman–Crippen LogP) is -0.340. The van der Waals surface area contributed by atoms with Crippen molar-refractivity contribution in [2.45, 2.75) is 31.5 Å². The number of nitrogens with two attached hydrogens (primary N) is 1. The molecule has 1 fully saturated rings. The van der Waals surface area contributed by atoms with Gasteiger partial charge in [-0.2, -0.15) is 18.2 Å². The number of alkyl halides is 3. The number of ketones is 1. The summed E-state index contributed by atoms with van der Waals surface area (Å²) in [7, 11) is -3.52. The van der Waals surface area contributed by atoms with Gasteiger partial charge in [0, 0.05) is 0 Å². The Bertz CT molecular complexity index is 863. The van der Waals surface area contributed by atoms with Crippen LogP contribution < -0.4 is 11.1 Å². The standard InChI is InChI=1S/C14H16F3N4O6S/c15-14(16,17)13-20-12(21-27-13)11(24)8(5-9(18)22)19-10(23)3-4-28(25,26)6-7-1-2-7/h3,7-8H,1-2,4-6H2,(H2,18,22)(H,19,23)/t8-/m0/s1. The summed E-state index contributed by atoms with van der Waals surface area (Å²) in [6, 6.07) is -1.69. The van der Waals surface area contributed by atoms with Crippen LogP contribution in [-0.4, -0.2) is 53.7 Å². The van der Waals surface area contributed by atoms with Crippen molar-refractivity contribution in [2.24, 2.45) is 11.7 Å². The van der Waals surface area contributed by atoms with E-state index in [4.69, 9.17) is 5.73 Å². The summed E-state index contributed by atoms with van der Waals surface area (Å²) in [5.41, 5.74) is 4.97. The fourth-order valence-electron chi connectivity index (χ4n) is 2.15. The third kappa shape index (κ3) is 6.58. The molecule has 155 valence electrons. The molecular formula is C14H16F3N4O6S. The number of nitrogens with one attached hydrogen (secondary N) is 1. The summed E-state index contributed by atoms with van der Waals surface area (Å²) in [6.07, 6.45) is -3.40. The summed E-state index contributed by atoms with van der Waals surface area (Å²) in [5, 5.41) is 4.90. The molecule has 0 spiro atoms. The summed E-state index contributed by atoms with van der Waals surface area (Å²) in [5.74, 6) is -6.68. The average molecular weight is 425 g/mol. The van der Waals surface area contributed by atoms with Crippen LogP contribution in [0.1, 0.15) is 35.8 Å². The molecule has 2 amide bonds. The number of sulfone groups is 1. The van der Waals surface area contributed by atoms with Gasteiger partial charge in [-0.3, -0.25) is 14.4 Å². The molecule has 10 nitrogen and oxygen atoms in total. The van der Waals surface area contributed by atoms with Crippen LogP contribution in [0.5, 0.6) is 0 Å². The van der Waals surface area contributed by atoms with Crippen molar-refractivity contribution in [3.63, 3.8) is 0 Å². The van der Waals surface area contributed by atoms with E-state index in [1.807, 2.05) is 5.32 Å². The van der Waals surface area contributed by atoms with Gasteiger partial charge in [0.25, 0.3) is 0 Å². The number of halogens is 3. The second-order valence-corrected chi connectivity index (χ2v) is 8.39. The normalized spacial score (nSPS) is 15.8. The van der Waals surface area contributed by atoms with Gasteiger partial charge in [0.2, 0.25) is 23.4 Å². The molecule has 1 saturated carbocycles. The van der Waals surface area contributed by atoms with Gasteiger partial charge in [-0.15, -0.1) is 0 Å². The highest BCUT2D eigenvalue weighted by atomic mass is 32.2. The number of aromatic nitrogens is 2. The predicted molar refractivity (Wildman–Crippen MR) is 85.1 cm³/mol. The van der Waals surface area contributed by atoms with Crippen molar-refractivity contribution in [2.75, 3.05) is 11.5 Å². The first-order valence-corrected chi connectivity index (χ1v) is 9.77. The fraction of sp³-hybridized carbons (Fsp3) is 0.571. The molecule has 1 aromatic heterocycles. The van der Waals surface area contributed by atoms with Gasteiger partial charge in [-0.25, -0.2) is 8.42 Å². The zero-order valence-corrected chi connectivity index (χ0v) is 15.0. The first-order valence-electron chi connectivity index (χ1n) is 7.95. The molecule has 0 aromatic carbocycles. The highest BCUT2D eigenvalue weighted by Gasteiger charge is 2.40. The highest BCUT2D eigenvalue weighted by Crippen LogP contribution is 2.30. The van der Waals surface area contributed by atoms with Crippen LogP contribution in [0.3, 0.4) is 0 Å². The maximum Gasteiger partial charge on any atom is 0.471 e. The third-order valence-electron chi connectivity index (χ3n) is 3.64. The smallest absolute Gasteiger partial charge is 0.370 e. The van der Waals surface area contributed by atoms with Crippen LogP contribution in [0.15, 0.2) is 4.52 Å². The largest absolute Gasteiger partial charge is 0.471 e. The van der Waals surface area contributed by atoms with Crippen molar-refractivity contribution < 1.29 is 40.5 Å². The molecular weight excluding hydrogens is 409 g/mol. The Morgan fingerprint density at radius 3 is 2.46 bits per heavy atom. The molecule has 0 saturated heterocycles. The quantitative estimate of drug-likeness (QED) is 0.481. The molecule has 1 aliphatic carbocycles. The second-order valence-electron chi connectivity index (χ2n) is 6.24. The minimum absolute atomic E-state index is 0.0660. The number of nitrogens with zero attached hydrogens (tertiary/aromatic N) is 2. The van der Waals surface area contributed by atoms with Gasteiger partial charge in [0.05, 0.1) is 24.3 Å². The van der Waals surface area contributed by atoms with Crippen LogP contribution >= 0.6 is 0 Å². The molecule has 28 heavy (non-hydrogen) atoms. The number of rotatable bonds is 10. The fourth-order valence-corrected chi connectivity index (χ4v) is 3.74. The number of primary amides is 1. The molecule has 1 heterocycles. The lowest BCUT2D eigenvalue weighted by atomic mass is 10.1. The van der Waals surface area contributed by atoms with Crippen LogP contribution in [0.2, 0.25) is 0 Å². The van der Waals surface area contributed by atoms with E-state index in [0.29, 0.717) is 0 Å². The Morgan fingerprint density at radius 1 is 1.32 bits per heavy atom. The summed E-state index contributed by atoms with van der Waals surface area (Å²) in [4.78, 5) is 38.1. The summed E-state index contributed by atoms with van der Waals surface area (Å²) in [6.45, 7) is 0. The van der Waals surface area contributed by atoms with E-state index in [1.54, 1.807) is 0 Å². The Hall–Kier alpha value is -2.51. The van der Waals surface area contributed by atoms with Crippen LogP contribution in [0.4, 0.5) is 13.2 Å². The topological polar surface area (TPSA) is 162 Å². The number of Topliss-reactive ketones (excluding diaryl/α,β-unsaturated/α-hetero) is 1. The first-order chi connectivity index (χ1) is 12.9. The van der Waals surface area contributed by atoms with E-state index in [9.17, 15) is 36.0 Å². The minimum Gasteiger partial charge on any atom is -0.370 e. The van der Waals surface area contributed by atoms with E-state index in [0.717, 1.165) is 19.3 Å². The molecule has 14 heteroatoms. The molecule has 1 aromatic rings. The van der Waals surface area contributed by atoms with Crippen molar-refractivity contribution in [1.29, 1.82) is 0 Å². The van der Waals surface area contributed by atoms with Crippen LogP contribution in [0, 0.1) is 12.3 Å². The van der Waals surface area contributed by atoms with Crippen LogP contribution in [-0.2, 0) is 25.6 Å². The van der Waals surface area contributed by atoms with Gasteiger partial charge in [-0.1, -0.05) is 5.16 Å². The van der Waals surface area contributed by atoms with E-state index in [2.05, 4.69) is 14.7 Å². The summed E-state index contributed by atoms with van der Waals surface area (Å²) < 4.78 is 65.0. The van der Waals surface area contributed by atoms with Crippen LogP contribution in [0.25, 0.3) is 0 Å². The van der Waals surface area contributed by atoms with E-state index < -0.39 is 63.5 Å². The van der Waals surface area contributed by atoms with Crippen molar-refractivity contribution in [1.82, 2.24) is 15.5 Å². The third-order valence-corrected chi connectivity index (χ3v) is 5.29. The molecule has 0 unspecified atom stereocenters. The van der Waals surface area contributed by atoms with E-state index in [1.165, 1.54) is 0 Å². The van der Waals surface area contributed by atoms with E-state index in [-0.39, 0.29) is 11.7 Å². The van der Waals surface area contributed by atoms with Gasteiger partial charge in [0.15, 0.2) is 9.84 Å². The van der Waals surface area contributed by atoms with Gasteiger partial charge in [-0.05, 0) is 18.8 Å². The van der Waals surface area contributed by atoms with Crippen molar-refractivity contribution in [3.8, 4) is 0 Å². The monoisotopic (exact) mass is 425 g/mol. The second kappa shape index (κ2) is 8.24. The zero-order chi connectivity index (χ0) is 21.1. The molecule has 3 N–H and O–H groups in total. The van der Waals surface area contributed by atoms with Gasteiger partial charge >= 0.3 is 12.1 Å². The highest BCUT2D eigenvalue weighted by molar-refractivity contribution is 7.91. The Kier molecular flexibility index (Phi) is 6.41. The van der Waals surface area contributed by atoms with E-state index >= 15 is 0 Å². The first kappa shape index (κ1) is 21.8. The zero-order valence-electron chi connectivity index (χ0n) is 14.2. The SMILES string of the molecule is NC(=O)C[C@H](NC(=O)[CH]CS(=O)(=O)CC1CC1)C(=O)c1noc(C(F)(F)F)n1. The molecule has 0 bridgehead atoms. The Morgan fingerprint density at radius 2 is 1.96 bits per heavy atom. The lowest BCUT2D eigenvalue weighted by Crippen LogP contribution is -2.44. The Labute approximate surface area is 156 Å². The molecule has 1 atom stereocenters. The Balaban J connectivity index is 2.01. The number of hydrogen-bond acceptors (Lipinski definition) is 8. The maximum atomic E-state index is 12.5. The number of carbonyl (C=O) groups is 3. The summed E-state index contributed by atoms with van der Waals surface area (Å²) >= 11 is 0. The number of carbonyl (C=O) groups excluding carboxylic acids is 3. The molecule has 0 aliphatic heterocycles.